The first-order valence-corrected chi connectivity index (χ1v) is 5.35. The van der Waals surface area contributed by atoms with E-state index in [0.29, 0.717) is 0 Å². The number of rotatable bonds is 2. The average Bonchev–Trinajstić information content (AvgIpc) is 2.85. The van der Waals surface area contributed by atoms with Crippen molar-refractivity contribution in [2.45, 2.75) is 27.2 Å². The summed E-state index contributed by atoms with van der Waals surface area (Å²) >= 11 is 0. The summed E-state index contributed by atoms with van der Waals surface area (Å²) in [6, 6.07) is 8.36. The second-order valence-corrected chi connectivity index (χ2v) is 2.91. The Kier molecular flexibility index (Phi) is 4.54. The zero-order valence-electron chi connectivity index (χ0n) is 9.49. The van der Waals surface area contributed by atoms with Crippen molar-refractivity contribution in [2.75, 3.05) is 0 Å². The minimum Gasteiger partial charge on any atom is -0.197 e. The Morgan fingerprint density at radius 1 is 1.13 bits per heavy atom. The number of aromatic amines is 1. The van der Waals surface area contributed by atoms with Crippen LogP contribution in [0.3, 0.4) is 0 Å². The van der Waals surface area contributed by atoms with Gasteiger partial charge in [-0.25, -0.2) is 0 Å². The fourth-order valence-electron chi connectivity index (χ4n) is 1.25. The Morgan fingerprint density at radius 3 is 2.27 bits per heavy atom. The number of aromatic nitrogens is 3. The standard InChI is InChI=1S/C10H11N3.C2H6/c1-2-8-3-5-9(6-4-8)10-7-11-13-12-10;1-2/h3-7H,2H2,1H3,(H,11,12,13);1-2H3. The van der Waals surface area contributed by atoms with Gasteiger partial charge in [0.25, 0.3) is 0 Å². The quantitative estimate of drug-likeness (QED) is 0.815. The van der Waals surface area contributed by atoms with Gasteiger partial charge in [-0.1, -0.05) is 45.0 Å². The van der Waals surface area contributed by atoms with Crippen molar-refractivity contribution in [1.29, 1.82) is 0 Å². The van der Waals surface area contributed by atoms with Crippen LogP contribution in [0.4, 0.5) is 0 Å². The second-order valence-electron chi connectivity index (χ2n) is 2.91. The molecule has 3 heteroatoms. The van der Waals surface area contributed by atoms with Crippen LogP contribution in [0.25, 0.3) is 11.3 Å². The first kappa shape index (κ1) is 11.4. The molecular formula is C12H17N3. The molecule has 0 bridgehead atoms. The van der Waals surface area contributed by atoms with E-state index in [0.717, 1.165) is 17.7 Å². The molecule has 1 heterocycles. The third-order valence-corrected chi connectivity index (χ3v) is 2.07. The third kappa shape index (κ3) is 2.91. The number of hydrogen-bond acceptors (Lipinski definition) is 2. The van der Waals surface area contributed by atoms with Gasteiger partial charge in [-0.3, -0.25) is 0 Å². The molecule has 0 saturated heterocycles. The predicted molar refractivity (Wildman–Crippen MR) is 62.5 cm³/mol. The summed E-state index contributed by atoms with van der Waals surface area (Å²) in [5.74, 6) is 0. The Hall–Kier alpha value is -1.64. The molecule has 2 rings (SSSR count). The topological polar surface area (TPSA) is 41.6 Å². The lowest BCUT2D eigenvalue weighted by Crippen LogP contribution is -1.81. The van der Waals surface area contributed by atoms with Gasteiger partial charge in [0.15, 0.2) is 0 Å². The van der Waals surface area contributed by atoms with Gasteiger partial charge in [0, 0.05) is 5.56 Å². The number of nitrogens with one attached hydrogen (secondary N) is 1. The summed E-state index contributed by atoms with van der Waals surface area (Å²) in [5.41, 5.74) is 3.33. The van der Waals surface area contributed by atoms with Crippen molar-refractivity contribution in [2.24, 2.45) is 0 Å². The van der Waals surface area contributed by atoms with E-state index in [1.165, 1.54) is 5.56 Å². The molecule has 80 valence electrons. The Bertz CT molecular complexity index is 362. The average molecular weight is 203 g/mol. The third-order valence-electron chi connectivity index (χ3n) is 2.07. The normalized spacial score (nSPS) is 9.27. The Labute approximate surface area is 90.5 Å². The first-order valence-electron chi connectivity index (χ1n) is 5.35. The summed E-state index contributed by atoms with van der Waals surface area (Å²) in [6.07, 6.45) is 2.79. The maximum atomic E-state index is 4.01. The molecule has 0 saturated carbocycles. The van der Waals surface area contributed by atoms with E-state index in [4.69, 9.17) is 0 Å². The summed E-state index contributed by atoms with van der Waals surface area (Å²) in [6.45, 7) is 6.14. The highest BCUT2D eigenvalue weighted by Gasteiger charge is 1.98. The van der Waals surface area contributed by atoms with Gasteiger partial charge in [-0.05, 0) is 12.0 Å². The van der Waals surface area contributed by atoms with Crippen LogP contribution in [-0.2, 0) is 6.42 Å². The molecule has 0 spiro atoms. The van der Waals surface area contributed by atoms with E-state index in [-0.39, 0.29) is 0 Å². The van der Waals surface area contributed by atoms with Gasteiger partial charge in [0.1, 0.15) is 5.69 Å². The van der Waals surface area contributed by atoms with E-state index in [1.807, 2.05) is 13.8 Å². The van der Waals surface area contributed by atoms with E-state index in [1.54, 1.807) is 6.20 Å². The molecule has 1 aromatic heterocycles. The van der Waals surface area contributed by atoms with Crippen LogP contribution in [0.1, 0.15) is 26.3 Å². The van der Waals surface area contributed by atoms with E-state index < -0.39 is 0 Å². The molecule has 0 amide bonds. The number of nitrogens with zero attached hydrogens (tertiary/aromatic N) is 2. The van der Waals surface area contributed by atoms with Crippen LogP contribution in [-0.4, -0.2) is 15.4 Å². The number of hydrogen-bond donors (Lipinski definition) is 1. The van der Waals surface area contributed by atoms with E-state index >= 15 is 0 Å². The molecule has 0 atom stereocenters. The molecule has 0 radical (unpaired) electrons. The van der Waals surface area contributed by atoms with Crippen molar-refractivity contribution < 1.29 is 0 Å². The summed E-state index contributed by atoms with van der Waals surface area (Å²) < 4.78 is 0. The molecule has 2 aromatic rings. The van der Waals surface area contributed by atoms with Crippen molar-refractivity contribution in [3.63, 3.8) is 0 Å². The summed E-state index contributed by atoms with van der Waals surface area (Å²) in [7, 11) is 0. The van der Waals surface area contributed by atoms with Crippen molar-refractivity contribution in [1.82, 2.24) is 15.4 Å². The lowest BCUT2D eigenvalue weighted by molar-refractivity contribution is 0.942. The van der Waals surface area contributed by atoms with Crippen LogP contribution in [0, 0.1) is 0 Å². The zero-order chi connectivity index (χ0) is 11.1. The summed E-state index contributed by atoms with van der Waals surface area (Å²) in [5, 5.41) is 10.4. The van der Waals surface area contributed by atoms with Crippen LogP contribution in [0.5, 0.6) is 0 Å². The van der Waals surface area contributed by atoms with Gasteiger partial charge >= 0.3 is 0 Å². The van der Waals surface area contributed by atoms with E-state index in [2.05, 4.69) is 46.6 Å². The smallest absolute Gasteiger partial charge is 0.112 e. The molecule has 15 heavy (non-hydrogen) atoms. The highest BCUT2D eigenvalue weighted by Crippen LogP contribution is 2.15. The minimum absolute atomic E-state index is 0.891. The van der Waals surface area contributed by atoms with E-state index in [9.17, 15) is 0 Å². The number of aryl methyl sites for hydroxylation is 1. The zero-order valence-corrected chi connectivity index (χ0v) is 9.49. The lowest BCUT2D eigenvalue weighted by Gasteiger charge is -1.97. The fourth-order valence-corrected chi connectivity index (χ4v) is 1.25. The van der Waals surface area contributed by atoms with Crippen molar-refractivity contribution in [3.05, 3.63) is 36.0 Å². The van der Waals surface area contributed by atoms with Crippen LogP contribution < -0.4 is 0 Å². The molecule has 0 aliphatic carbocycles. The highest BCUT2D eigenvalue weighted by molar-refractivity contribution is 5.57. The van der Waals surface area contributed by atoms with Gasteiger partial charge < -0.3 is 0 Å². The minimum atomic E-state index is 0.891. The molecule has 0 aliphatic heterocycles. The molecule has 0 aliphatic rings. The van der Waals surface area contributed by atoms with Crippen LogP contribution >= 0.6 is 0 Å². The molecule has 1 N–H and O–H groups in total. The fraction of sp³-hybridized carbons (Fsp3) is 0.333. The highest BCUT2D eigenvalue weighted by atomic mass is 15.3. The second kappa shape index (κ2) is 5.96. The van der Waals surface area contributed by atoms with Gasteiger partial charge in [0.05, 0.1) is 6.20 Å². The Morgan fingerprint density at radius 2 is 1.80 bits per heavy atom. The maximum Gasteiger partial charge on any atom is 0.112 e. The van der Waals surface area contributed by atoms with Gasteiger partial charge in [0.2, 0.25) is 0 Å². The summed E-state index contributed by atoms with van der Waals surface area (Å²) in [4.78, 5) is 0. The maximum absolute atomic E-state index is 4.01. The van der Waals surface area contributed by atoms with Crippen LogP contribution in [0.2, 0.25) is 0 Å². The molecule has 0 unspecified atom stereocenters. The Balaban J connectivity index is 0.000000531. The largest absolute Gasteiger partial charge is 0.197 e. The van der Waals surface area contributed by atoms with Crippen molar-refractivity contribution >= 4 is 0 Å². The van der Waals surface area contributed by atoms with Gasteiger partial charge in [-0.2, -0.15) is 15.4 Å². The molecule has 3 nitrogen and oxygen atoms in total. The predicted octanol–water partition coefficient (Wildman–Crippen LogP) is 3.06. The van der Waals surface area contributed by atoms with Crippen molar-refractivity contribution in [3.8, 4) is 11.3 Å². The first-order chi connectivity index (χ1) is 7.40. The molecule has 1 aromatic carbocycles. The SMILES string of the molecule is CC.CCc1ccc(-c2cn[nH]n2)cc1. The molecular weight excluding hydrogens is 186 g/mol. The van der Waals surface area contributed by atoms with Crippen LogP contribution in [0.15, 0.2) is 30.5 Å². The monoisotopic (exact) mass is 203 g/mol. The lowest BCUT2D eigenvalue weighted by atomic mass is 10.1. The number of benzene rings is 1. The van der Waals surface area contributed by atoms with Gasteiger partial charge in [-0.15, -0.1) is 0 Å². The molecule has 0 fully saturated rings. The number of H-pyrrole nitrogens is 1.